The van der Waals surface area contributed by atoms with Crippen LogP contribution in [0.5, 0.6) is 0 Å². The maximum atomic E-state index is 13.0. The number of hydrogen-bond donors (Lipinski definition) is 1. The molecule has 172 valence electrons. The van der Waals surface area contributed by atoms with E-state index in [2.05, 4.69) is 45.7 Å². The molecule has 4 heterocycles. The number of thiol groups is 1. The first-order chi connectivity index (χ1) is 15.3. The van der Waals surface area contributed by atoms with Crippen LogP contribution in [-0.4, -0.2) is 63.0 Å². The molecular formula is C22H26F3N5S2. The predicted octanol–water partition coefficient (Wildman–Crippen LogP) is 5.15. The van der Waals surface area contributed by atoms with Crippen LogP contribution in [0.4, 0.5) is 13.2 Å². The fraction of sp³-hybridized carbons (Fsp3) is 0.545. The van der Waals surface area contributed by atoms with Crippen molar-refractivity contribution in [3.63, 3.8) is 0 Å². The van der Waals surface area contributed by atoms with Gasteiger partial charge in [0.1, 0.15) is 10.7 Å². The number of alkyl halides is 3. The smallest absolute Gasteiger partial charge is 0.304 e. The second-order valence-corrected chi connectivity index (χ2v) is 10.2. The zero-order valence-corrected chi connectivity index (χ0v) is 19.6. The molecule has 3 aromatic heterocycles. The number of pyridine rings is 1. The minimum absolute atomic E-state index is 0.341. The molecular weight excluding hydrogens is 455 g/mol. The van der Waals surface area contributed by atoms with Crippen LogP contribution in [0.1, 0.15) is 42.9 Å². The highest BCUT2D eigenvalue weighted by Crippen LogP contribution is 2.40. The van der Waals surface area contributed by atoms with Crippen molar-refractivity contribution in [2.45, 2.75) is 43.8 Å². The molecule has 2 aliphatic rings. The maximum absolute atomic E-state index is 13.0. The third-order valence-electron chi connectivity index (χ3n) is 6.89. The molecule has 0 amide bonds. The molecule has 3 aromatic rings. The van der Waals surface area contributed by atoms with Crippen molar-refractivity contribution in [1.29, 1.82) is 0 Å². The van der Waals surface area contributed by atoms with Crippen molar-refractivity contribution in [3.8, 4) is 10.6 Å². The summed E-state index contributed by atoms with van der Waals surface area (Å²) in [6.07, 6.45) is 3.73. The minimum Gasteiger partial charge on any atom is -0.304 e. The number of piperazine rings is 1. The molecule has 10 heteroatoms. The summed E-state index contributed by atoms with van der Waals surface area (Å²) in [5.74, 6) is 0.425. The molecule has 32 heavy (non-hydrogen) atoms. The Kier molecular flexibility index (Phi) is 5.98. The van der Waals surface area contributed by atoms with Gasteiger partial charge < -0.3 is 4.90 Å². The standard InChI is InChI=1S/C22H26F3N5S2/c1-28-6-8-29(9-7-28)16-4-2-14(3-5-16)15-10-17-18(12-30(31)20(17)26-11-15)21-27-19(13-32-21)22(23,24)25/h10-14,16,31H,2-9H2,1H3/t14-,16-. The quantitative estimate of drug-likeness (QED) is 0.526. The number of rotatable bonds is 3. The van der Waals surface area contributed by atoms with E-state index in [0.717, 1.165) is 66.7 Å². The van der Waals surface area contributed by atoms with Crippen LogP contribution in [-0.2, 0) is 6.18 Å². The summed E-state index contributed by atoms with van der Waals surface area (Å²) in [7, 11) is 2.18. The second kappa shape index (κ2) is 8.62. The molecule has 2 fully saturated rings. The fourth-order valence-corrected chi connectivity index (χ4v) is 6.12. The maximum Gasteiger partial charge on any atom is 0.434 e. The van der Waals surface area contributed by atoms with Gasteiger partial charge in [-0.25, -0.2) is 9.97 Å². The van der Waals surface area contributed by atoms with E-state index in [0.29, 0.717) is 28.2 Å². The first kappa shape index (κ1) is 22.2. The van der Waals surface area contributed by atoms with Crippen molar-refractivity contribution in [2.24, 2.45) is 0 Å². The van der Waals surface area contributed by atoms with E-state index in [1.54, 1.807) is 10.2 Å². The molecule has 1 saturated carbocycles. The average molecular weight is 482 g/mol. The van der Waals surface area contributed by atoms with Crippen molar-refractivity contribution in [3.05, 3.63) is 35.1 Å². The van der Waals surface area contributed by atoms with Gasteiger partial charge in [-0.3, -0.25) is 8.87 Å². The van der Waals surface area contributed by atoms with Crippen molar-refractivity contribution in [2.75, 3.05) is 33.2 Å². The third-order valence-corrected chi connectivity index (χ3v) is 8.07. The van der Waals surface area contributed by atoms with Gasteiger partial charge in [0, 0.05) is 60.9 Å². The topological polar surface area (TPSA) is 37.2 Å². The van der Waals surface area contributed by atoms with E-state index >= 15 is 0 Å². The van der Waals surface area contributed by atoms with E-state index in [1.165, 1.54) is 12.8 Å². The fourth-order valence-electron chi connectivity index (χ4n) is 4.99. The Morgan fingerprint density at radius 2 is 1.81 bits per heavy atom. The largest absolute Gasteiger partial charge is 0.434 e. The molecule has 5 nitrogen and oxygen atoms in total. The molecule has 5 rings (SSSR count). The van der Waals surface area contributed by atoms with E-state index < -0.39 is 11.9 Å². The van der Waals surface area contributed by atoms with Gasteiger partial charge in [-0.05, 0) is 50.3 Å². The molecule has 0 spiro atoms. The lowest BCUT2D eigenvalue weighted by molar-refractivity contribution is -0.140. The van der Waals surface area contributed by atoms with Crippen molar-refractivity contribution >= 4 is 35.2 Å². The van der Waals surface area contributed by atoms with Crippen LogP contribution in [0.3, 0.4) is 0 Å². The SMILES string of the molecule is CN1CCN([C@H]2CC[C@H](c3cnc4c(c3)c(-c3nc(C(F)(F)F)cs3)cn4S)CC2)CC1. The Bertz CT molecular complexity index is 1090. The molecule has 0 radical (unpaired) electrons. The lowest BCUT2D eigenvalue weighted by Gasteiger charge is -2.41. The lowest BCUT2D eigenvalue weighted by atomic mass is 9.81. The van der Waals surface area contributed by atoms with Crippen LogP contribution in [0.25, 0.3) is 21.6 Å². The van der Waals surface area contributed by atoms with Crippen LogP contribution in [0, 0.1) is 0 Å². The summed E-state index contributed by atoms with van der Waals surface area (Å²) in [5, 5.41) is 2.21. The monoisotopic (exact) mass is 481 g/mol. The Labute approximate surface area is 194 Å². The van der Waals surface area contributed by atoms with Gasteiger partial charge in [0.2, 0.25) is 0 Å². The molecule has 1 aliphatic carbocycles. The van der Waals surface area contributed by atoms with Crippen molar-refractivity contribution < 1.29 is 13.2 Å². The molecule has 0 bridgehead atoms. The van der Waals surface area contributed by atoms with E-state index in [4.69, 9.17) is 0 Å². The van der Waals surface area contributed by atoms with Crippen LogP contribution in [0.2, 0.25) is 0 Å². The molecule has 1 aliphatic heterocycles. The lowest BCUT2D eigenvalue weighted by Crippen LogP contribution is -2.49. The Hall–Kier alpha value is -1.62. The molecule has 1 saturated heterocycles. The highest BCUT2D eigenvalue weighted by molar-refractivity contribution is 7.78. The number of halogens is 3. The van der Waals surface area contributed by atoms with Gasteiger partial charge in [-0.2, -0.15) is 13.2 Å². The summed E-state index contributed by atoms with van der Waals surface area (Å²) in [6.45, 7) is 4.56. The molecule has 0 atom stereocenters. The number of fused-ring (bicyclic) bond motifs is 1. The van der Waals surface area contributed by atoms with Crippen molar-refractivity contribution in [1.82, 2.24) is 23.7 Å². The first-order valence-electron chi connectivity index (χ1n) is 11.0. The highest BCUT2D eigenvalue weighted by Gasteiger charge is 2.34. The second-order valence-electron chi connectivity index (χ2n) is 8.91. The van der Waals surface area contributed by atoms with E-state index in [1.807, 2.05) is 6.20 Å². The Morgan fingerprint density at radius 3 is 2.47 bits per heavy atom. The zero-order valence-electron chi connectivity index (χ0n) is 17.8. The van der Waals surface area contributed by atoms with Gasteiger partial charge in [0.25, 0.3) is 0 Å². The number of aromatic nitrogens is 3. The highest BCUT2D eigenvalue weighted by atomic mass is 32.1. The average Bonchev–Trinajstić information content (AvgIpc) is 3.39. The van der Waals surface area contributed by atoms with Gasteiger partial charge >= 0.3 is 6.18 Å². The van der Waals surface area contributed by atoms with Gasteiger partial charge in [-0.1, -0.05) is 12.8 Å². The summed E-state index contributed by atoms with van der Waals surface area (Å²) in [6, 6.07) is 2.74. The summed E-state index contributed by atoms with van der Waals surface area (Å²) >= 11 is 5.42. The molecule has 0 N–H and O–H groups in total. The number of likely N-dealkylation sites (N-methyl/N-ethyl adjacent to an activating group) is 1. The third kappa shape index (κ3) is 4.30. The van der Waals surface area contributed by atoms with Gasteiger partial charge in [-0.15, -0.1) is 11.3 Å². The van der Waals surface area contributed by atoms with E-state index in [-0.39, 0.29) is 0 Å². The van der Waals surface area contributed by atoms with Crippen LogP contribution in [0.15, 0.2) is 23.8 Å². The molecule has 0 aromatic carbocycles. The Morgan fingerprint density at radius 1 is 1.09 bits per heavy atom. The summed E-state index contributed by atoms with van der Waals surface area (Å²) in [5.41, 5.74) is 1.59. The summed E-state index contributed by atoms with van der Waals surface area (Å²) < 4.78 is 40.7. The normalized spacial score (nSPS) is 23.8. The molecule has 0 unspecified atom stereocenters. The van der Waals surface area contributed by atoms with Crippen LogP contribution < -0.4 is 0 Å². The number of nitrogens with zero attached hydrogens (tertiary/aromatic N) is 5. The summed E-state index contributed by atoms with van der Waals surface area (Å²) in [4.78, 5) is 13.5. The van der Waals surface area contributed by atoms with Gasteiger partial charge in [0.15, 0.2) is 5.69 Å². The van der Waals surface area contributed by atoms with Gasteiger partial charge in [0.05, 0.1) is 0 Å². The number of hydrogen-bond acceptors (Lipinski definition) is 6. The zero-order chi connectivity index (χ0) is 22.5. The first-order valence-corrected chi connectivity index (χ1v) is 12.2. The van der Waals surface area contributed by atoms with Crippen LogP contribution >= 0.6 is 24.2 Å². The predicted molar refractivity (Wildman–Crippen MR) is 124 cm³/mol. The minimum atomic E-state index is -4.44. The number of thiazole rings is 1. The Balaban J connectivity index is 1.36. The van der Waals surface area contributed by atoms with E-state index in [9.17, 15) is 13.2 Å².